The van der Waals surface area contributed by atoms with E-state index < -0.39 is 0 Å². The van der Waals surface area contributed by atoms with Crippen LogP contribution in [0.1, 0.15) is 25.3 Å². The minimum absolute atomic E-state index is 0.338. The summed E-state index contributed by atoms with van der Waals surface area (Å²) in [5, 5.41) is 4.01. The molecule has 118 valence electrons. The van der Waals surface area contributed by atoms with Crippen LogP contribution in [0.25, 0.3) is 16.8 Å². The lowest BCUT2D eigenvalue weighted by Crippen LogP contribution is -2.17. The minimum Gasteiger partial charge on any atom is -0.493 e. The van der Waals surface area contributed by atoms with Crippen molar-refractivity contribution in [2.24, 2.45) is 0 Å². The molecule has 1 fully saturated rings. The molecule has 5 heteroatoms. The molecule has 2 amide bonds. The number of imide groups is 1. The number of nitrogens with one attached hydrogen (secondary N) is 1. The topological polar surface area (TPSA) is 55.4 Å². The Bertz CT molecular complexity index is 798. The van der Waals surface area contributed by atoms with Crippen molar-refractivity contribution in [3.8, 4) is 5.75 Å². The van der Waals surface area contributed by atoms with Crippen molar-refractivity contribution >= 4 is 39.8 Å². The highest BCUT2D eigenvalue weighted by Gasteiger charge is 2.25. The average Bonchev–Trinajstić information content (AvgIpc) is 2.87. The van der Waals surface area contributed by atoms with E-state index in [0.29, 0.717) is 11.5 Å². The molecule has 2 aromatic carbocycles. The first kappa shape index (κ1) is 15.6. The van der Waals surface area contributed by atoms with Crippen molar-refractivity contribution < 1.29 is 14.3 Å². The van der Waals surface area contributed by atoms with Crippen molar-refractivity contribution in [2.45, 2.75) is 19.8 Å². The van der Waals surface area contributed by atoms with Gasteiger partial charge in [-0.3, -0.25) is 14.9 Å². The Kier molecular flexibility index (Phi) is 4.67. The van der Waals surface area contributed by atoms with E-state index in [1.54, 1.807) is 6.08 Å². The van der Waals surface area contributed by atoms with Crippen LogP contribution in [0.2, 0.25) is 0 Å². The summed E-state index contributed by atoms with van der Waals surface area (Å²) in [6, 6.07) is 11.9. The van der Waals surface area contributed by atoms with Crippen LogP contribution in [0.3, 0.4) is 0 Å². The number of amides is 2. The van der Waals surface area contributed by atoms with Crippen molar-refractivity contribution in [3.63, 3.8) is 0 Å². The fraction of sp³-hybridized carbons (Fsp3) is 0.222. The highest BCUT2D eigenvalue weighted by atomic mass is 32.2. The number of thioether (sulfide) groups is 1. The van der Waals surface area contributed by atoms with Gasteiger partial charge in [0, 0.05) is 5.56 Å². The minimum atomic E-state index is -0.354. The maximum absolute atomic E-state index is 11.8. The second-order valence-electron chi connectivity index (χ2n) is 5.25. The van der Waals surface area contributed by atoms with Gasteiger partial charge >= 0.3 is 0 Å². The maximum atomic E-state index is 11.8. The zero-order valence-corrected chi connectivity index (χ0v) is 13.6. The first-order chi connectivity index (χ1) is 11.2. The molecule has 2 aromatic rings. The van der Waals surface area contributed by atoms with Gasteiger partial charge in [-0.15, -0.1) is 0 Å². The van der Waals surface area contributed by atoms with E-state index in [1.807, 2.05) is 36.4 Å². The Balaban J connectivity index is 2.07. The van der Waals surface area contributed by atoms with Gasteiger partial charge in [0.15, 0.2) is 0 Å². The van der Waals surface area contributed by atoms with Crippen molar-refractivity contribution in [1.82, 2.24) is 5.32 Å². The van der Waals surface area contributed by atoms with Gasteiger partial charge in [-0.2, -0.15) is 0 Å². The summed E-state index contributed by atoms with van der Waals surface area (Å²) in [6.07, 6.45) is 3.77. The smallest absolute Gasteiger partial charge is 0.290 e. The first-order valence-electron chi connectivity index (χ1n) is 7.58. The number of hydrogen-bond acceptors (Lipinski definition) is 4. The van der Waals surface area contributed by atoms with E-state index in [9.17, 15) is 9.59 Å². The van der Waals surface area contributed by atoms with Gasteiger partial charge in [-0.05, 0) is 41.1 Å². The third-order valence-corrected chi connectivity index (χ3v) is 4.41. The Morgan fingerprint density at radius 3 is 2.74 bits per heavy atom. The number of benzene rings is 2. The third-order valence-electron chi connectivity index (χ3n) is 3.60. The first-order valence-corrected chi connectivity index (χ1v) is 8.40. The molecule has 1 heterocycles. The van der Waals surface area contributed by atoms with Crippen molar-refractivity contribution in [3.05, 3.63) is 46.9 Å². The van der Waals surface area contributed by atoms with Gasteiger partial charge in [0.1, 0.15) is 5.75 Å². The van der Waals surface area contributed by atoms with E-state index >= 15 is 0 Å². The van der Waals surface area contributed by atoms with Gasteiger partial charge in [0.05, 0.1) is 11.5 Å². The lowest BCUT2D eigenvalue weighted by molar-refractivity contribution is -0.115. The van der Waals surface area contributed by atoms with Crippen LogP contribution in [0.5, 0.6) is 5.75 Å². The number of fused-ring (bicyclic) bond motifs is 1. The highest BCUT2D eigenvalue weighted by Crippen LogP contribution is 2.34. The molecular weight excluding hydrogens is 310 g/mol. The van der Waals surface area contributed by atoms with E-state index in [2.05, 4.69) is 12.2 Å². The molecule has 3 rings (SSSR count). The van der Waals surface area contributed by atoms with Gasteiger partial charge < -0.3 is 4.74 Å². The molecule has 0 unspecified atom stereocenters. The summed E-state index contributed by atoms with van der Waals surface area (Å²) in [6.45, 7) is 2.74. The number of carbonyl (C=O) groups excluding carboxylic acids is 2. The summed E-state index contributed by atoms with van der Waals surface area (Å²) in [4.78, 5) is 23.6. The summed E-state index contributed by atoms with van der Waals surface area (Å²) >= 11 is 0.920. The van der Waals surface area contributed by atoms with Crippen LogP contribution in [0.4, 0.5) is 4.79 Å². The third kappa shape index (κ3) is 3.40. The monoisotopic (exact) mass is 327 g/mol. The fourth-order valence-corrected chi connectivity index (χ4v) is 3.09. The van der Waals surface area contributed by atoms with Gasteiger partial charge in [0.25, 0.3) is 11.1 Å². The molecule has 4 nitrogen and oxygen atoms in total. The molecule has 1 aliphatic heterocycles. The normalized spacial score (nSPS) is 16.1. The van der Waals surface area contributed by atoms with E-state index in [-0.39, 0.29) is 11.1 Å². The quantitative estimate of drug-likeness (QED) is 0.655. The summed E-state index contributed by atoms with van der Waals surface area (Å²) in [7, 11) is 0. The van der Waals surface area contributed by atoms with Crippen LogP contribution in [0.15, 0.2) is 41.3 Å². The Hall–Kier alpha value is -2.27. The van der Waals surface area contributed by atoms with Gasteiger partial charge in [-0.1, -0.05) is 43.7 Å². The van der Waals surface area contributed by atoms with E-state index in [0.717, 1.165) is 46.7 Å². The fourth-order valence-electron chi connectivity index (χ4n) is 2.43. The SMILES string of the molecule is CCCCOc1ccc2ccccc2c1/C=C1/SC(=O)NC1=O. The number of carbonyl (C=O) groups is 2. The maximum Gasteiger partial charge on any atom is 0.290 e. The largest absolute Gasteiger partial charge is 0.493 e. The Morgan fingerprint density at radius 1 is 1.17 bits per heavy atom. The van der Waals surface area contributed by atoms with E-state index in [4.69, 9.17) is 4.74 Å². The van der Waals surface area contributed by atoms with Crippen LogP contribution in [0, 0.1) is 0 Å². The van der Waals surface area contributed by atoms with Gasteiger partial charge in [-0.25, -0.2) is 0 Å². The second kappa shape index (κ2) is 6.87. The standard InChI is InChI=1S/C18H17NO3S/c1-2-3-10-22-15-9-8-12-6-4-5-7-13(12)14(15)11-16-17(20)19-18(21)23-16/h4-9,11H,2-3,10H2,1H3,(H,19,20,21)/b16-11+. The zero-order valence-electron chi connectivity index (χ0n) is 12.8. The molecule has 0 spiro atoms. The van der Waals surface area contributed by atoms with Crippen LogP contribution in [-0.2, 0) is 4.79 Å². The Morgan fingerprint density at radius 2 is 2.00 bits per heavy atom. The average molecular weight is 327 g/mol. The molecule has 23 heavy (non-hydrogen) atoms. The number of ether oxygens (including phenoxy) is 1. The van der Waals surface area contributed by atoms with Crippen LogP contribution in [-0.4, -0.2) is 17.8 Å². The van der Waals surface area contributed by atoms with Crippen molar-refractivity contribution in [1.29, 1.82) is 0 Å². The number of rotatable bonds is 5. The molecule has 0 radical (unpaired) electrons. The molecule has 0 atom stereocenters. The summed E-state index contributed by atoms with van der Waals surface area (Å²) in [5.74, 6) is 0.379. The lowest BCUT2D eigenvalue weighted by atomic mass is 10.0. The second-order valence-corrected chi connectivity index (χ2v) is 6.27. The molecule has 0 bridgehead atoms. The molecular formula is C18H17NO3S. The number of hydrogen-bond donors (Lipinski definition) is 1. The van der Waals surface area contributed by atoms with E-state index in [1.165, 1.54) is 0 Å². The molecule has 1 aliphatic rings. The molecule has 0 aliphatic carbocycles. The summed E-state index contributed by atoms with van der Waals surface area (Å²) < 4.78 is 5.89. The molecule has 1 saturated heterocycles. The zero-order chi connectivity index (χ0) is 16.2. The lowest BCUT2D eigenvalue weighted by Gasteiger charge is -2.12. The van der Waals surface area contributed by atoms with Crippen LogP contribution < -0.4 is 10.1 Å². The molecule has 0 aromatic heterocycles. The predicted molar refractivity (Wildman–Crippen MR) is 93.5 cm³/mol. The number of unbranched alkanes of at least 4 members (excludes halogenated alkanes) is 1. The molecule has 0 saturated carbocycles. The Labute approximate surface area is 138 Å². The highest BCUT2D eigenvalue weighted by molar-refractivity contribution is 8.18. The predicted octanol–water partition coefficient (Wildman–Crippen LogP) is 4.34. The summed E-state index contributed by atoms with van der Waals surface area (Å²) in [5.41, 5.74) is 0.839. The molecule has 1 N–H and O–H groups in total. The van der Waals surface area contributed by atoms with Gasteiger partial charge in [0.2, 0.25) is 0 Å². The van der Waals surface area contributed by atoms with Crippen molar-refractivity contribution in [2.75, 3.05) is 6.61 Å². The van der Waals surface area contributed by atoms with Crippen LogP contribution >= 0.6 is 11.8 Å².